The fourth-order valence-corrected chi connectivity index (χ4v) is 4.77. The average molecular weight is 519 g/mol. The number of thiazole rings is 1. The summed E-state index contributed by atoms with van der Waals surface area (Å²) in [5.41, 5.74) is 0.574. The summed E-state index contributed by atoms with van der Waals surface area (Å²) in [6.07, 6.45) is 0.719. The van der Waals surface area contributed by atoms with Gasteiger partial charge < -0.3 is 10.4 Å². The number of carbonyl (C=O) groups excluding carboxylic acids is 2. The average Bonchev–Trinajstić information content (AvgIpc) is 3.15. The lowest BCUT2D eigenvalue weighted by Gasteiger charge is -2.22. The number of carboxylic acid groups (broad SMARTS) is 1. The number of nitrogens with zero attached hydrogens (tertiary/aromatic N) is 3. The molecule has 0 saturated heterocycles. The van der Waals surface area contributed by atoms with Crippen LogP contribution in [0.25, 0.3) is 0 Å². The number of carboxylic acids is 1. The van der Waals surface area contributed by atoms with E-state index in [0.717, 1.165) is 16.4 Å². The number of anilines is 2. The molecule has 9 nitrogen and oxygen atoms in total. The number of benzene rings is 1. The lowest BCUT2D eigenvalue weighted by molar-refractivity contribution is -0.136. The Morgan fingerprint density at radius 1 is 1.20 bits per heavy atom. The Labute approximate surface area is 209 Å². The number of nitrogens with one attached hydrogen (secondary N) is 1. The number of hydrogen-bond acceptors (Lipinski definition) is 8. The standard InChI is InChI=1S/C23H23FN4O5S2/c1-14(2)13-33-28(16-8-6-15(24)7-9-16)20(30)12-18(29)27-23-26-17(11-21(31)32)22(35-23)34-19-5-3-4-10-25-19/h3-10,14H,11-13H2,1-2H3,(H,31,32)(H,26,27,29). The molecule has 0 aliphatic heterocycles. The molecule has 35 heavy (non-hydrogen) atoms. The van der Waals surface area contributed by atoms with Gasteiger partial charge in [-0.1, -0.05) is 43.0 Å². The molecule has 0 radical (unpaired) electrons. The second kappa shape index (κ2) is 12.4. The monoisotopic (exact) mass is 518 g/mol. The third-order valence-electron chi connectivity index (χ3n) is 4.20. The van der Waals surface area contributed by atoms with Gasteiger partial charge in [0.1, 0.15) is 17.3 Å². The fourth-order valence-electron chi connectivity index (χ4n) is 2.69. The van der Waals surface area contributed by atoms with Gasteiger partial charge in [0.05, 0.1) is 28.6 Å². The van der Waals surface area contributed by atoms with Gasteiger partial charge in [0, 0.05) is 6.20 Å². The number of pyridine rings is 1. The Balaban J connectivity index is 1.72. The normalized spacial score (nSPS) is 10.9. The van der Waals surface area contributed by atoms with Crippen molar-refractivity contribution in [2.75, 3.05) is 17.0 Å². The number of amides is 2. The van der Waals surface area contributed by atoms with Gasteiger partial charge in [-0.25, -0.2) is 14.4 Å². The first-order valence-electron chi connectivity index (χ1n) is 10.5. The Morgan fingerprint density at radius 2 is 1.94 bits per heavy atom. The largest absolute Gasteiger partial charge is 0.481 e. The fraction of sp³-hybridized carbons (Fsp3) is 0.261. The van der Waals surface area contributed by atoms with E-state index < -0.39 is 30.0 Å². The van der Waals surface area contributed by atoms with Crippen LogP contribution in [0.15, 0.2) is 57.9 Å². The SMILES string of the molecule is CC(C)CON(C(=O)CC(=O)Nc1nc(CC(=O)O)c(Sc2ccccn2)s1)c1ccc(F)cc1. The van der Waals surface area contributed by atoms with Crippen molar-refractivity contribution >= 4 is 51.7 Å². The van der Waals surface area contributed by atoms with Crippen LogP contribution in [0.5, 0.6) is 0 Å². The van der Waals surface area contributed by atoms with Crippen molar-refractivity contribution in [3.05, 3.63) is 60.2 Å². The second-order valence-electron chi connectivity index (χ2n) is 7.67. The molecule has 3 rings (SSSR count). The van der Waals surface area contributed by atoms with Crippen LogP contribution in [0.4, 0.5) is 15.2 Å². The molecule has 0 spiro atoms. The number of hydroxylamine groups is 1. The summed E-state index contributed by atoms with van der Waals surface area (Å²) in [5.74, 6) is -2.73. The predicted octanol–water partition coefficient (Wildman–Crippen LogP) is 4.40. The molecule has 2 heterocycles. The maximum absolute atomic E-state index is 13.3. The molecule has 2 N–H and O–H groups in total. The molecule has 2 aromatic heterocycles. The summed E-state index contributed by atoms with van der Waals surface area (Å²) in [4.78, 5) is 50.7. The summed E-state index contributed by atoms with van der Waals surface area (Å²) in [6, 6.07) is 10.5. The van der Waals surface area contributed by atoms with Crippen LogP contribution in [0, 0.1) is 11.7 Å². The zero-order valence-corrected chi connectivity index (χ0v) is 20.6. The lowest BCUT2D eigenvalue weighted by atomic mass is 10.2. The van der Waals surface area contributed by atoms with Gasteiger partial charge >= 0.3 is 5.97 Å². The van der Waals surface area contributed by atoms with Crippen LogP contribution >= 0.6 is 23.1 Å². The van der Waals surface area contributed by atoms with E-state index in [1.54, 1.807) is 24.4 Å². The molecule has 2 amide bonds. The maximum Gasteiger partial charge on any atom is 0.309 e. The van der Waals surface area contributed by atoms with Gasteiger partial charge in [0.15, 0.2) is 5.13 Å². The van der Waals surface area contributed by atoms with Crippen molar-refractivity contribution in [1.29, 1.82) is 0 Å². The minimum Gasteiger partial charge on any atom is -0.481 e. The van der Waals surface area contributed by atoms with Crippen LogP contribution in [0.3, 0.4) is 0 Å². The topological polar surface area (TPSA) is 122 Å². The van der Waals surface area contributed by atoms with Gasteiger partial charge in [0.2, 0.25) is 5.91 Å². The van der Waals surface area contributed by atoms with Crippen molar-refractivity contribution in [3.8, 4) is 0 Å². The molecule has 0 unspecified atom stereocenters. The molecule has 1 aromatic carbocycles. The zero-order valence-electron chi connectivity index (χ0n) is 18.9. The Hall–Kier alpha value is -3.35. The molecule has 3 aromatic rings. The maximum atomic E-state index is 13.3. The highest BCUT2D eigenvalue weighted by molar-refractivity contribution is 8.01. The highest BCUT2D eigenvalue weighted by Crippen LogP contribution is 2.36. The highest BCUT2D eigenvalue weighted by atomic mass is 32.2. The predicted molar refractivity (Wildman–Crippen MR) is 130 cm³/mol. The summed E-state index contributed by atoms with van der Waals surface area (Å²) >= 11 is 2.33. The molecule has 184 valence electrons. The number of rotatable bonds is 11. The Bertz CT molecular complexity index is 1170. The van der Waals surface area contributed by atoms with Crippen LogP contribution in [-0.4, -0.2) is 39.5 Å². The van der Waals surface area contributed by atoms with E-state index in [4.69, 9.17) is 4.84 Å². The molecule has 0 atom stereocenters. The second-order valence-corrected chi connectivity index (χ2v) is 9.96. The molecule has 0 fully saturated rings. The molecule has 0 aliphatic carbocycles. The molecule has 0 saturated carbocycles. The minimum absolute atomic E-state index is 0.109. The van der Waals surface area contributed by atoms with E-state index in [0.29, 0.717) is 9.24 Å². The van der Waals surface area contributed by atoms with E-state index in [9.17, 15) is 23.9 Å². The van der Waals surface area contributed by atoms with E-state index in [-0.39, 0.29) is 35.5 Å². The first kappa shape index (κ1) is 26.3. The molecule has 12 heteroatoms. The van der Waals surface area contributed by atoms with Gasteiger partial charge in [0.25, 0.3) is 5.91 Å². The first-order chi connectivity index (χ1) is 16.7. The van der Waals surface area contributed by atoms with Gasteiger partial charge in [-0.2, -0.15) is 5.06 Å². The minimum atomic E-state index is -1.07. The van der Waals surface area contributed by atoms with E-state index >= 15 is 0 Å². The van der Waals surface area contributed by atoms with E-state index in [1.165, 1.54) is 36.0 Å². The Morgan fingerprint density at radius 3 is 2.57 bits per heavy atom. The van der Waals surface area contributed by atoms with Crippen LogP contribution in [0.2, 0.25) is 0 Å². The summed E-state index contributed by atoms with van der Waals surface area (Å²) in [5, 5.41) is 13.5. The number of halogens is 1. The number of aromatic nitrogens is 2. The number of aliphatic carboxylic acids is 1. The van der Waals surface area contributed by atoms with Gasteiger partial charge in [-0.3, -0.25) is 19.2 Å². The lowest BCUT2D eigenvalue weighted by Crippen LogP contribution is -2.35. The third kappa shape index (κ3) is 8.12. The smallest absolute Gasteiger partial charge is 0.309 e. The van der Waals surface area contributed by atoms with Crippen molar-refractivity contribution in [3.63, 3.8) is 0 Å². The highest BCUT2D eigenvalue weighted by Gasteiger charge is 2.23. The van der Waals surface area contributed by atoms with Crippen molar-refractivity contribution in [2.24, 2.45) is 5.92 Å². The summed E-state index contributed by atoms with van der Waals surface area (Å²) < 4.78 is 13.9. The summed E-state index contributed by atoms with van der Waals surface area (Å²) in [6.45, 7) is 4.01. The summed E-state index contributed by atoms with van der Waals surface area (Å²) in [7, 11) is 0. The molecule has 0 bridgehead atoms. The van der Waals surface area contributed by atoms with Gasteiger partial charge in [-0.05, 0) is 42.3 Å². The van der Waals surface area contributed by atoms with E-state index in [2.05, 4.69) is 15.3 Å². The van der Waals surface area contributed by atoms with Crippen molar-refractivity contribution in [1.82, 2.24) is 9.97 Å². The zero-order chi connectivity index (χ0) is 25.4. The van der Waals surface area contributed by atoms with E-state index in [1.807, 2.05) is 13.8 Å². The van der Waals surface area contributed by atoms with Crippen molar-refractivity contribution in [2.45, 2.75) is 35.9 Å². The Kier molecular flexibility index (Phi) is 9.29. The van der Waals surface area contributed by atoms with Crippen molar-refractivity contribution < 1.29 is 28.7 Å². The molecular weight excluding hydrogens is 495 g/mol. The number of hydrogen-bond donors (Lipinski definition) is 2. The number of carbonyl (C=O) groups is 3. The quantitative estimate of drug-likeness (QED) is 0.283. The van der Waals surface area contributed by atoms with Crippen LogP contribution in [-0.2, 0) is 25.6 Å². The third-order valence-corrected chi connectivity index (χ3v) is 6.38. The van der Waals surface area contributed by atoms with Crippen LogP contribution in [0.1, 0.15) is 26.0 Å². The van der Waals surface area contributed by atoms with Gasteiger partial charge in [-0.15, -0.1) is 0 Å². The molecule has 0 aliphatic rings. The molecular formula is C23H23FN4O5S2. The van der Waals surface area contributed by atoms with Crippen LogP contribution < -0.4 is 10.4 Å². The first-order valence-corrected chi connectivity index (χ1v) is 12.2.